The Labute approximate surface area is 136 Å². The number of nitrogens with one attached hydrogen (secondary N) is 1. The number of rotatable bonds is 2. The Morgan fingerprint density at radius 1 is 1.26 bits per heavy atom. The second-order valence-electron chi connectivity index (χ2n) is 4.89. The molecule has 0 atom stereocenters. The Hall–Kier alpha value is -2.80. The third kappa shape index (κ3) is 2.91. The Bertz CT molecular complexity index is 857. The molecule has 1 N–H and O–H groups in total. The van der Waals surface area contributed by atoms with Gasteiger partial charge in [-0.2, -0.15) is 0 Å². The summed E-state index contributed by atoms with van der Waals surface area (Å²) in [5, 5.41) is 2.47. The fourth-order valence-electron chi connectivity index (χ4n) is 2.12. The summed E-state index contributed by atoms with van der Waals surface area (Å²) in [6, 6.07) is 9.17. The number of benzene rings is 1. The van der Waals surface area contributed by atoms with Crippen molar-refractivity contribution in [2.75, 3.05) is 7.05 Å². The van der Waals surface area contributed by atoms with Gasteiger partial charge in [-0.3, -0.25) is 19.8 Å². The van der Waals surface area contributed by atoms with Crippen LogP contribution in [0.1, 0.15) is 5.76 Å². The molecule has 2 amide bonds. The highest BCUT2D eigenvalue weighted by Gasteiger charge is 2.31. The predicted octanol–water partition coefficient (Wildman–Crippen LogP) is 2.34. The zero-order valence-electron chi connectivity index (χ0n) is 12.0. The van der Waals surface area contributed by atoms with E-state index in [1.165, 1.54) is 30.2 Å². The van der Waals surface area contributed by atoms with E-state index >= 15 is 0 Å². The summed E-state index contributed by atoms with van der Waals surface area (Å²) in [6.07, 6.45) is 1.33. The molecule has 0 bridgehead atoms. The summed E-state index contributed by atoms with van der Waals surface area (Å²) in [5.74, 6) is -0.729. The number of halogens is 1. The quantitative estimate of drug-likeness (QED) is 0.522. The third-order valence-corrected chi connectivity index (χ3v) is 3.70. The average molecular weight is 330 g/mol. The highest BCUT2D eigenvalue weighted by Crippen LogP contribution is 2.24. The summed E-state index contributed by atoms with van der Waals surface area (Å²) in [5.41, 5.74) is 0.480. The Kier molecular flexibility index (Phi) is 3.79. The topological polar surface area (TPSA) is 62.6 Å². The van der Waals surface area contributed by atoms with Crippen LogP contribution in [0, 0.1) is 5.82 Å². The van der Waals surface area contributed by atoms with Gasteiger partial charge >= 0.3 is 0 Å². The van der Waals surface area contributed by atoms with E-state index in [2.05, 4.69) is 5.32 Å². The van der Waals surface area contributed by atoms with E-state index in [0.29, 0.717) is 17.1 Å². The number of likely N-dealkylation sites (N-methyl/N-ethyl adjacent to an activating group) is 1. The molecule has 2 heterocycles. The van der Waals surface area contributed by atoms with Gasteiger partial charge in [0.15, 0.2) is 5.11 Å². The lowest BCUT2D eigenvalue weighted by atomic mass is 10.1. The van der Waals surface area contributed by atoms with Crippen molar-refractivity contribution < 1.29 is 18.4 Å². The van der Waals surface area contributed by atoms with Gasteiger partial charge in [-0.1, -0.05) is 12.1 Å². The molecule has 23 heavy (non-hydrogen) atoms. The summed E-state index contributed by atoms with van der Waals surface area (Å²) in [7, 11) is 1.47. The normalized spacial score (nSPS) is 16.9. The van der Waals surface area contributed by atoms with Crippen molar-refractivity contribution in [3.05, 3.63) is 53.5 Å². The van der Waals surface area contributed by atoms with E-state index in [1.54, 1.807) is 24.3 Å². The van der Waals surface area contributed by atoms with Crippen LogP contribution in [0.4, 0.5) is 4.39 Å². The second kappa shape index (κ2) is 5.77. The van der Waals surface area contributed by atoms with Gasteiger partial charge < -0.3 is 4.42 Å². The standard InChI is InChI=1S/C16H11FN2O3S/c1-19-15(21)12(14(20)18-16(19)23)8-11-5-6-13(22-11)9-3-2-4-10(17)7-9/h2-8H,1H3,(H,18,20,23)/b12-8-. The highest BCUT2D eigenvalue weighted by molar-refractivity contribution is 7.80. The molecule has 0 aliphatic carbocycles. The minimum Gasteiger partial charge on any atom is -0.457 e. The number of amides is 2. The van der Waals surface area contributed by atoms with Crippen LogP contribution in [-0.4, -0.2) is 28.9 Å². The first kappa shape index (κ1) is 15.1. The van der Waals surface area contributed by atoms with E-state index in [9.17, 15) is 14.0 Å². The molecule has 5 nitrogen and oxygen atoms in total. The molecule has 1 aromatic heterocycles. The zero-order valence-corrected chi connectivity index (χ0v) is 12.8. The lowest BCUT2D eigenvalue weighted by Crippen LogP contribution is -2.52. The first-order valence-corrected chi connectivity index (χ1v) is 7.07. The number of nitrogens with zero attached hydrogens (tertiary/aromatic N) is 1. The van der Waals surface area contributed by atoms with Crippen molar-refractivity contribution in [1.82, 2.24) is 10.2 Å². The smallest absolute Gasteiger partial charge is 0.265 e. The van der Waals surface area contributed by atoms with Crippen LogP contribution in [0.15, 0.2) is 46.4 Å². The van der Waals surface area contributed by atoms with E-state index in [4.69, 9.17) is 16.6 Å². The number of hydrogen-bond acceptors (Lipinski definition) is 4. The molecular weight excluding hydrogens is 319 g/mol. The van der Waals surface area contributed by atoms with Crippen molar-refractivity contribution >= 4 is 35.2 Å². The SMILES string of the molecule is CN1C(=O)/C(=C\c2ccc(-c3cccc(F)c3)o2)C(=O)NC1=S. The number of furan rings is 1. The summed E-state index contributed by atoms with van der Waals surface area (Å²) >= 11 is 4.87. The molecule has 1 aliphatic rings. The van der Waals surface area contributed by atoms with Gasteiger partial charge in [0, 0.05) is 12.6 Å². The van der Waals surface area contributed by atoms with Gasteiger partial charge in [0.25, 0.3) is 11.8 Å². The largest absolute Gasteiger partial charge is 0.457 e. The van der Waals surface area contributed by atoms with Crippen LogP contribution in [0.2, 0.25) is 0 Å². The molecule has 0 unspecified atom stereocenters. The number of thiocarbonyl (C=S) groups is 1. The maximum absolute atomic E-state index is 13.2. The molecule has 7 heteroatoms. The summed E-state index contributed by atoms with van der Waals surface area (Å²) in [4.78, 5) is 25.1. The summed E-state index contributed by atoms with van der Waals surface area (Å²) in [6.45, 7) is 0. The molecule has 1 saturated heterocycles. The van der Waals surface area contributed by atoms with Crippen LogP contribution in [0.25, 0.3) is 17.4 Å². The van der Waals surface area contributed by atoms with E-state index in [-0.39, 0.29) is 16.5 Å². The maximum atomic E-state index is 13.2. The summed E-state index contributed by atoms with van der Waals surface area (Å²) < 4.78 is 18.8. The predicted molar refractivity (Wildman–Crippen MR) is 85.6 cm³/mol. The molecule has 0 spiro atoms. The molecule has 0 saturated carbocycles. The second-order valence-corrected chi connectivity index (χ2v) is 5.28. The molecule has 1 aromatic carbocycles. The van der Waals surface area contributed by atoms with Crippen LogP contribution < -0.4 is 5.32 Å². The average Bonchev–Trinajstić information content (AvgIpc) is 2.98. The molecule has 116 valence electrons. The number of hydrogen-bond donors (Lipinski definition) is 1. The van der Waals surface area contributed by atoms with Crippen molar-refractivity contribution in [1.29, 1.82) is 0 Å². The third-order valence-electron chi connectivity index (χ3n) is 3.33. The monoisotopic (exact) mass is 330 g/mol. The molecule has 3 rings (SSSR count). The van der Waals surface area contributed by atoms with Crippen molar-refractivity contribution in [3.63, 3.8) is 0 Å². The minimum atomic E-state index is -0.582. The van der Waals surface area contributed by atoms with Gasteiger partial charge in [0.2, 0.25) is 0 Å². The molecule has 1 fully saturated rings. The van der Waals surface area contributed by atoms with Gasteiger partial charge in [-0.05, 0) is 42.6 Å². The first-order valence-electron chi connectivity index (χ1n) is 6.66. The van der Waals surface area contributed by atoms with Crippen LogP contribution >= 0.6 is 12.2 Å². The highest BCUT2D eigenvalue weighted by atomic mass is 32.1. The Balaban J connectivity index is 1.93. The zero-order chi connectivity index (χ0) is 16.6. The molecule has 2 aromatic rings. The van der Waals surface area contributed by atoms with Gasteiger partial charge in [-0.15, -0.1) is 0 Å². The first-order chi connectivity index (χ1) is 11.0. The maximum Gasteiger partial charge on any atom is 0.265 e. The number of carbonyl (C=O) groups is 2. The van der Waals surface area contributed by atoms with Gasteiger partial charge in [-0.25, -0.2) is 4.39 Å². The van der Waals surface area contributed by atoms with Gasteiger partial charge in [0.1, 0.15) is 22.9 Å². The Morgan fingerprint density at radius 2 is 2.04 bits per heavy atom. The van der Waals surface area contributed by atoms with Crippen LogP contribution in [0.3, 0.4) is 0 Å². The lowest BCUT2D eigenvalue weighted by molar-refractivity contribution is -0.128. The van der Waals surface area contributed by atoms with E-state index in [1.807, 2.05) is 0 Å². The van der Waals surface area contributed by atoms with Gasteiger partial charge in [0.05, 0.1) is 0 Å². The van der Waals surface area contributed by atoms with E-state index in [0.717, 1.165) is 0 Å². The molecular formula is C16H11FN2O3S. The van der Waals surface area contributed by atoms with Crippen molar-refractivity contribution in [2.45, 2.75) is 0 Å². The number of carbonyl (C=O) groups excluding carboxylic acids is 2. The van der Waals surface area contributed by atoms with Crippen molar-refractivity contribution in [2.24, 2.45) is 0 Å². The van der Waals surface area contributed by atoms with Crippen LogP contribution in [-0.2, 0) is 9.59 Å². The Morgan fingerprint density at radius 3 is 2.78 bits per heavy atom. The lowest BCUT2D eigenvalue weighted by Gasteiger charge is -2.24. The molecule has 1 aliphatic heterocycles. The fraction of sp³-hybridized carbons (Fsp3) is 0.0625. The molecule has 0 radical (unpaired) electrons. The van der Waals surface area contributed by atoms with Crippen molar-refractivity contribution in [3.8, 4) is 11.3 Å². The van der Waals surface area contributed by atoms with E-state index < -0.39 is 11.8 Å². The minimum absolute atomic E-state index is 0.0528. The fourth-order valence-corrected chi connectivity index (χ4v) is 2.29. The van der Waals surface area contributed by atoms with Crippen LogP contribution in [0.5, 0.6) is 0 Å².